The van der Waals surface area contributed by atoms with Crippen LogP contribution in [0, 0.1) is 6.92 Å². The van der Waals surface area contributed by atoms with E-state index >= 15 is 0 Å². The average Bonchev–Trinajstić information content (AvgIpc) is 3.22. The van der Waals surface area contributed by atoms with E-state index < -0.39 is 0 Å². The van der Waals surface area contributed by atoms with Crippen LogP contribution in [0.5, 0.6) is 0 Å². The number of carbonyl (C=O) groups excluding carboxylic acids is 1. The molecule has 0 saturated carbocycles. The number of aryl methyl sites for hydroxylation is 1. The average molecular weight is 327 g/mol. The van der Waals surface area contributed by atoms with E-state index in [-0.39, 0.29) is 5.91 Å². The lowest BCUT2D eigenvalue weighted by atomic mass is 10.1. The third-order valence-corrected chi connectivity index (χ3v) is 4.55. The molecule has 3 rings (SSSR count). The predicted octanol–water partition coefficient (Wildman–Crippen LogP) is 3.80. The third-order valence-electron chi connectivity index (χ3n) is 3.46. The first-order valence-corrected chi connectivity index (χ1v) is 8.24. The Morgan fingerprint density at radius 3 is 2.87 bits per heavy atom. The van der Waals surface area contributed by atoms with Crippen molar-refractivity contribution < 1.29 is 9.32 Å². The molecule has 3 aromatic rings. The minimum Gasteiger partial charge on any atom is -0.351 e. The van der Waals surface area contributed by atoms with Gasteiger partial charge in [0.25, 0.3) is 5.89 Å². The van der Waals surface area contributed by atoms with Gasteiger partial charge in [0.1, 0.15) is 0 Å². The van der Waals surface area contributed by atoms with Gasteiger partial charge in [-0.3, -0.25) is 4.79 Å². The predicted molar refractivity (Wildman–Crippen MR) is 89.9 cm³/mol. The molecule has 1 amide bonds. The van der Waals surface area contributed by atoms with Gasteiger partial charge in [-0.05, 0) is 30.7 Å². The molecule has 118 valence electrons. The van der Waals surface area contributed by atoms with E-state index in [4.69, 9.17) is 4.52 Å². The van der Waals surface area contributed by atoms with Gasteiger partial charge >= 0.3 is 0 Å². The Kier molecular flexibility index (Phi) is 4.52. The van der Waals surface area contributed by atoms with E-state index in [1.54, 1.807) is 11.3 Å². The largest absolute Gasteiger partial charge is 0.351 e. The van der Waals surface area contributed by atoms with Crippen LogP contribution in [0.25, 0.3) is 22.2 Å². The normalized spacial score (nSPS) is 10.7. The molecule has 1 N–H and O–H groups in total. The van der Waals surface area contributed by atoms with E-state index in [2.05, 4.69) is 15.5 Å². The lowest BCUT2D eigenvalue weighted by Crippen LogP contribution is -2.20. The molecule has 0 atom stereocenters. The van der Waals surface area contributed by atoms with Gasteiger partial charge in [0, 0.05) is 16.9 Å². The van der Waals surface area contributed by atoms with Gasteiger partial charge in [-0.1, -0.05) is 30.3 Å². The van der Waals surface area contributed by atoms with Gasteiger partial charge < -0.3 is 9.84 Å². The van der Waals surface area contributed by atoms with Crippen molar-refractivity contribution in [2.24, 2.45) is 0 Å². The molecule has 0 fully saturated rings. The molecule has 2 heterocycles. The number of amides is 1. The SMILES string of the molecule is CCC(=O)NCc1ccc(-c2noc(-c3ccccc3C)n2)s1. The molecule has 23 heavy (non-hydrogen) atoms. The molecule has 6 heteroatoms. The molecular formula is C17H17N3O2S. The maximum atomic E-state index is 11.3. The summed E-state index contributed by atoms with van der Waals surface area (Å²) >= 11 is 1.55. The monoisotopic (exact) mass is 327 g/mol. The summed E-state index contributed by atoms with van der Waals surface area (Å²) in [5.41, 5.74) is 2.04. The van der Waals surface area contributed by atoms with Crippen LogP contribution in [0.15, 0.2) is 40.9 Å². The molecule has 0 spiro atoms. The summed E-state index contributed by atoms with van der Waals surface area (Å²) in [4.78, 5) is 17.8. The zero-order valence-electron chi connectivity index (χ0n) is 13.0. The van der Waals surface area contributed by atoms with Crippen LogP contribution >= 0.6 is 11.3 Å². The summed E-state index contributed by atoms with van der Waals surface area (Å²) in [6.07, 6.45) is 0.489. The fourth-order valence-corrected chi connectivity index (χ4v) is 3.02. The second-order valence-electron chi connectivity index (χ2n) is 5.13. The number of rotatable bonds is 5. The molecule has 0 unspecified atom stereocenters. The van der Waals surface area contributed by atoms with Gasteiger partial charge in [0.2, 0.25) is 11.7 Å². The topological polar surface area (TPSA) is 68.0 Å². The molecule has 0 bridgehead atoms. The lowest BCUT2D eigenvalue weighted by molar-refractivity contribution is -0.120. The second-order valence-corrected chi connectivity index (χ2v) is 6.30. The van der Waals surface area contributed by atoms with Crippen molar-refractivity contribution in [1.29, 1.82) is 0 Å². The molecule has 0 aliphatic heterocycles. The van der Waals surface area contributed by atoms with Crippen LogP contribution < -0.4 is 5.32 Å². The smallest absolute Gasteiger partial charge is 0.258 e. The van der Waals surface area contributed by atoms with E-state index in [1.807, 2.05) is 50.2 Å². The Hall–Kier alpha value is -2.47. The summed E-state index contributed by atoms with van der Waals surface area (Å²) in [6.45, 7) is 4.38. The summed E-state index contributed by atoms with van der Waals surface area (Å²) in [5, 5.41) is 6.92. The standard InChI is InChI=1S/C17H17N3O2S/c1-3-15(21)18-10-12-8-9-14(23-12)16-19-17(22-20-16)13-7-5-4-6-11(13)2/h4-9H,3,10H2,1-2H3,(H,18,21). The zero-order valence-corrected chi connectivity index (χ0v) is 13.8. The lowest BCUT2D eigenvalue weighted by Gasteiger charge is -1.99. The number of hydrogen-bond donors (Lipinski definition) is 1. The van der Waals surface area contributed by atoms with Gasteiger partial charge in [-0.25, -0.2) is 0 Å². The van der Waals surface area contributed by atoms with Crippen LogP contribution in [0.3, 0.4) is 0 Å². The van der Waals surface area contributed by atoms with Crippen molar-refractivity contribution >= 4 is 17.2 Å². The molecule has 1 aromatic carbocycles. The quantitative estimate of drug-likeness (QED) is 0.774. The summed E-state index contributed by atoms with van der Waals surface area (Å²) in [7, 11) is 0. The van der Waals surface area contributed by atoms with Crippen LogP contribution in [-0.2, 0) is 11.3 Å². The van der Waals surface area contributed by atoms with Crippen LogP contribution in [0.4, 0.5) is 0 Å². The highest BCUT2D eigenvalue weighted by molar-refractivity contribution is 7.15. The molecule has 5 nitrogen and oxygen atoms in total. The van der Waals surface area contributed by atoms with Crippen molar-refractivity contribution in [2.45, 2.75) is 26.8 Å². The molecule has 0 aliphatic rings. The van der Waals surface area contributed by atoms with Crippen molar-refractivity contribution in [2.75, 3.05) is 0 Å². The molecular weight excluding hydrogens is 310 g/mol. The minimum absolute atomic E-state index is 0.0429. The molecule has 0 saturated heterocycles. The number of benzene rings is 1. The highest BCUT2D eigenvalue weighted by atomic mass is 32.1. The Morgan fingerprint density at radius 1 is 1.26 bits per heavy atom. The summed E-state index contributed by atoms with van der Waals surface area (Å²) in [6, 6.07) is 11.8. The summed E-state index contributed by atoms with van der Waals surface area (Å²) < 4.78 is 5.39. The Balaban J connectivity index is 1.77. The third kappa shape index (κ3) is 3.48. The second kappa shape index (κ2) is 6.75. The fraction of sp³-hybridized carbons (Fsp3) is 0.235. The van der Waals surface area contributed by atoms with Crippen molar-refractivity contribution in [3.8, 4) is 22.2 Å². The number of thiophene rings is 1. The van der Waals surface area contributed by atoms with E-state index in [0.717, 1.165) is 20.9 Å². The summed E-state index contributed by atoms with van der Waals surface area (Å²) in [5.74, 6) is 1.13. The number of aromatic nitrogens is 2. The first kappa shape index (κ1) is 15.4. The first-order chi connectivity index (χ1) is 11.2. The Morgan fingerprint density at radius 2 is 2.09 bits per heavy atom. The van der Waals surface area contributed by atoms with Crippen LogP contribution in [0.2, 0.25) is 0 Å². The maximum absolute atomic E-state index is 11.3. The fourth-order valence-electron chi connectivity index (χ4n) is 2.15. The van der Waals surface area contributed by atoms with E-state index in [9.17, 15) is 4.79 Å². The highest BCUT2D eigenvalue weighted by Crippen LogP contribution is 2.29. The Labute approximate surface area is 138 Å². The van der Waals surface area contributed by atoms with Crippen molar-refractivity contribution in [3.05, 3.63) is 46.8 Å². The number of nitrogens with zero attached hydrogens (tertiary/aromatic N) is 2. The highest BCUT2D eigenvalue weighted by Gasteiger charge is 2.14. The van der Waals surface area contributed by atoms with Gasteiger partial charge in [-0.2, -0.15) is 4.98 Å². The van der Waals surface area contributed by atoms with E-state index in [0.29, 0.717) is 24.7 Å². The van der Waals surface area contributed by atoms with Crippen molar-refractivity contribution in [1.82, 2.24) is 15.5 Å². The molecule has 2 aromatic heterocycles. The van der Waals surface area contributed by atoms with Crippen molar-refractivity contribution in [3.63, 3.8) is 0 Å². The van der Waals surface area contributed by atoms with Gasteiger partial charge in [-0.15, -0.1) is 11.3 Å². The number of nitrogens with one attached hydrogen (secondary N) is 1. The van der Waals surface area contributed by atoms with Gasteiger partial charge in [0.05, 0.1) is 11.4 Å². The number of hydrogen-bond acceptors (Lipinski definition) is 5. The zero-order chi connectivity index (χ0) is 16.2. The maximum Gasteiger partial charge on any atom is 0.258 e. The van der Waals surface area contributed by atoms with Crippen LogP contribution in [0.1, 0.15) is 23.8 Å². The molecule has 0 radical (unpaired) electrons. The van der Waals surface area contributed by atoms with Crippen LogP contribution in [-0.4, -0.2) is 16.0 Å². The number of carbonyl (C=O) groups is 1. The molecule has 0 aliphatic carbocycles. The Bertz CT molecular complexity index is 823. The van der Waals surface area contributed by atoms with E-state index in [1.165, 1.54) is 0 Å². The first-order valence-electron chi connectivity index (χ1n) is 7.43. The minimum atomic E-state index is 0.0429. The van der Waals surface area contributed by atoms with Gasteiger partial charge in [0.15, 0.2) is 0 Å².